The maximum atomic E-state index is 10.9. The quantitative estimate of drug-likeness (QED) is 0.719. The van der Waals surface area contributed by atoms with Crippen molar-refractivity contribution in [2.24, 2.45) is 0 Å². The maximum absolute atomic E-state index is 10.9. The molecular weight excluding hydrogens is 198 g/mol. The third-order valence-corrected chi connectivity index (χ3v) is 1.90. The Labute approximate surface area is 87.7 Å². The summed E-state index contributed by atoms with van der Waals surface area (Å²) < 4.78 is 9.38. The number of aliphatic hydroxyl groups is 1. The van der Waals surface area contributed by atoms with Crippen LogP contribution in [0.5, 0.6) is 5.75 Å². The number of aliphatic hydroxyl groups excluding tert-OH is 1. The zero-order chi connectivity index (χ0) is 11.3. The lowest BCUT2D eigenvalue weighted by Crippen LogP contribution is -2.24. The highest BCUT2D eigenvalue weighted by Gasteiger charge is 2.16. The van der Waals surface area contributed by atoms with Crippen LogP contribution in [0.3, 0.4) is 0 Å². The zero-order valence-corrected chi connectivity index (χ0v) is 8.64. The second kappa shape index (κ2) is 5.31. The van der Waals surface area contributed by atoms with Crippen molar-refractivity contribution < 1.29 is 19.4 Å². The Bertz CT molecular complexity index is 340. The smallest absolute Gasteiger partial charge is 0.335 e. The van der Waals surface area contributed by atoms with Crippen LogP contribution in [0.1, 0.15) is 5.69 Å². The fourth-order valence-corrected chi connectivity index (χ4v) is 1.11. The highest BCUT2D eigenvalue weighted by molar-refractivity contribution is 5.74. The molecule has 1 heterocycles. The van der Waals surface area contributed by atoms with Crippen molar-refractivity contribution in [3.05, 3.63) is 24.0 Å². The second-order valence-electron chi connectivity index (χ2n) is 2.93. The van der Waals surface area contributed by atoms with Gasteiger partial charge in [0.15, 0.2) is 6.10 Å². The summed E-state index contributed by atoms with van der Waals surface area (Å²) in [5.41, 5.74) is 0.576. The van der Waals surface area contributed by atoms with Crippen molar-refractivity contribution in [1.29, 1.82) is 0 Å². The molecule has 1 atom stereocenters. The minimum absolute atomic E-state index is 0.115. The first-order valence-corrected chi connectivity index (χ1v) is 4.42. The molecule has 5 nitrogen and oxygen atoms in total. The van der Waals surface area contributed by atoms with E-state index < -0.39 is 12.1 Å². The summed E-state index contributed by atoms with van der Waals surface area (Å²) in [7, 11) is 2.76. The Morgan fingerprint density at radius 3 is 2.93 bits per heavy atom. The van der Waals surface area contributed by atoms with Gasteiger partial charge in [-0.3, -0.25) is 4.98 Å². The molecule has 1 aromatic rings. The molecule has 0 aliphatic heterocycles. The lowest BCUT2D eigenvalue weighted by molar-refractivity contribution is -0.150. The maximum Gasteiger partial charge on any atom is 0.335 e. The number of nitrogens with zero attached hydrogens (tertiary/aromatic N) is 1. The summed E-state index contributed by atoms with van der Waals surface area (Å²) in [5, 5.41) is 9.38. The Morgan fingerprint density at radius 1 is 1.60 bits per heavy atom. The lowest BCUT2D eigenvalue weighted by Gasteiger charge is -2.08. The summed E-state index contributed by atoms with van der Waals surface area (Å²) >= 11 is 0. The number of hydrogen-bond donors (Lipinski definition) is 1. The molecule has 0 saturated heterocycles. The number of carbonyl (C=O) groups excluding carboxylic acids is 1. The molecule has 15 heavy (non-hydrogen) atoms. The number of methoxy groups -OCH3 is 2. The van der Waals surface area contributed by atoms with Crippen LogP contribution in [0.15, 0.2) is 18.3 Å². The predicted octanol–water partition coefficient (Wildman–Crippen LogP) is 0.167. The third-order valence-electron chi connectivity index (χ3n) is 1.90. The molecule has 1 unspecified atom stereocenters. The number of esters is 1. The van der Waals surface area contributed by atoms with Gasteiger partial charge in [-0.2, -0.15) is 0 Å². The van der Waals surface area contributed by atoms with Gasteiger partial charge in [0, 0.05) is 24.4 Å². The summed E-state index contributed by atoms with van der Waals surface area (Å²) in [6, 6.07) is 3.35. The molecule has 0 aliphatic carbocycles. The van der Waals surface area contributed by atoms with E-state index in [0.29, 0.717) is 11.4 Å². The molecule has 0 aliphatic rings. The Hall–Kier alpha value is -1.62. The van der Waals surface area contributed by atoms with Crippen molar-refractivity contribution in [2.75, 3.05) is 14.2 Å². The van der Waals surface area contributed by atoms with Crippen LogP contribution in [0.25, 0.3) is 0 Å². The summed E-state index contributed by atoms with van der Waals surface area (Å²) in [4.78, 5) is 14.9. The predicted molar refractivity (Wildman–Crippen MR) is 52.5 cm³/mol. The minimum Gasteiger partial charge on any atom is -0.497 e. The topological polar surface area (TPSA) is 68.7 Å². The van der Waals surface area contributed by atoms with Gasteiger partial charge in [-0.05, 0) is 6.07 Å². The van der Waals surface area contributed by atoms with E-state index >= 15 is 0 Å². The Morgan fingerprint density at radius 2 is 2.33 bits per heavy atom. The first-order chi connectivity index (χ1) is 7.17. The molecule has 5 heteroatoms. The number of ether oxygens (including phenoxy) is 2. The van der Waals surface area contributed by atoms with E-state index in [-0.39, 0.29) is 6.42 Å². The molecule has 1 rings (SSSR count). The zero-order valence-electron chi connectivity index (χ0n) is 8.64. The van der Waals surface area contributed by atoms with Gasteiger partial charge in [-0.25, -0.2) is 4.79 Å². The van der Waals surface area contributed by atoms with E-state index in [2.05, 4.69) is 9.72 Å². The van der Waals surface area contributed by atoms with Gasteiger partial charge in [0.25, 0.3) is 0 Å². The van der Waals surface area contributed by atoms with Crippen LogP contribution in [0.4, 0.5) is 0 Å². The van der Waals surface area contributed by atoms with Gasteiger partial charge in [0.05, 0.1) is 14.2 Å². The molecule has 1 aromatic heterocycles. The number of rotatable bonds is 4. The van der Waals surface area contributed by atoms with Crippen LogP contribution in [0, 0.1) is 0 Å². The second-order valence-corrected chi connectivity index (χ2v) is 2.93. The summed E-state index contributed by atoms with van der Waals surface area (Å²) in [6.07, 6.45) is 0.483. The van der Waals surface area contributed by atoms with Gasteiger partial charge in [0.2, 0.25) is 0 Å². The van der Waals surface area contributed by atoms with Crippen molar-refractivity contribution in [3.8, 4) is 5.75 Å². The van der Waals surface area contributed by atoms with E-state index in [4.69, 9.17) is 4.74 Å². The van der Waals surface area contributed by atoms with E-state index in [9.17, 15) is 9.90 Å². The van der Waals surface area contributed by atoms with E-state index in [1.807, 2.05) is 0 Å². The summed E-state index contributed by atoms with van der Waals surface area (Å²) in [5.74, 6) is -0.0308. The lowest BCUT2D eigenvalue weighted by atomic mass is 10.2. The fraction of sp³-hybridized carbons (Fsp3) is 0.400. The van der Waals surface area contributed by atoms with Gasteiger partial charge in [0.1, 0.15) is 5.75 Å². The highest BCUT2D eigenvalue weighted by Crippen LogP contribution is 2.11. The van der Waals surface area contributed by atoms with Crippen LogP contribution in [0.2, 0.25) is 0 Å². The largest absolute Gasteiger partial charge is 0.497 e. The summed E-state index contributed by atoms with van der Waals surface area (Å²) in [6.45, 7) is 0. The van der Waals surface area contributed by atoms with Crippen LogP contribution < -0.4 is 4.74 Å². The Kier molecular flexibility index (Phi) is 4.05. The van der Waals surface area contributed by atoms with Gasteiger partial charge in [-0.15, -0.1) is 0 Å². The van der Waals surface area contributed by atoms with E-state index in [1.54, 1.807) is 18.3 Å². The van der Waals surface area contributed by atoms with Gasteiger partial charge >= 0.3 is 5.97 Å². The van der Waals surface area contributed by atoms with Crippen molar-refractivity contribution in [3.63, 3.8) is 0 Å². The molecule has 0 aromatic carbocycles. The van der Waals surface area contributed by atoms with E-state index in [1.165, 1.54) is 14.2 Å². The number of hydrogen-bond acceptors (Lipinski definition) is 5. The number of aromatic nitrogens is 1. The molecule has 0 amide bonds. The number of carbonyl (C=O) groups is 1. The molecule has 0 spiro atoms. The first-order valence-electron chi connectivity index (χ1n) is 4.42. The average molecular weight is 211 g/mol. The van der Waals surface area contributed by atoms with Crippen molar-refractivity contribution >= 4 is 5.97 Å². The van der Waals surface area contributed by atoms with Gasteiger partial charge < -0.3 is 14.6 Å². The number of pyridine rings is 1. The molecule has 0 saturated carbocycles. The average Bonchev–Trinajstić information content (AvgIpc) is 2.28. The Balaban J connectivity index is 2.67. The van der Waals surface area contributed by atoms with Crippen molar-refractivity contribution in [1.82, 2.24) is 4.98 Å². The molecule has 0 radical (unpaired) electrons. The van der Waals surface area contributed by atoms with E-state index in [0.717, 1.165) is 0 Å². The standard InChI is InChI=1S/C10H13NO4/c1-14-8-3-4-11-7(5-8)6-9(12)10(13)15-2/h3-5,9,12H,6H2,1-2H3. The molecular formula is C10H13NO4. The third kappa shape index (κ3) is 3.21. The molecule has 0 fully saturated rings. The van der Waals surface area contributed by atoms with Crippen molar-refractivity contribution in [2.45, 2.75) is 12.5 Å². The van der Waals surface area contributed by atoms with Crippen LogP contribution >= 0.6 is 0 Å². The normalized spacial score (nSPS) is 11.9. The first kappa shape index (κ1) is 11.5. The van der Waals surface area contributed by atoms with Crippen LogP contribution in [-0.2, 0) is 16.0 Å². The molecule has 0 bridgehead atoms. The molecule has 82 valence electrons. The minimum atomic E-state index is -1.19. The van der Waals surface area contributed by atoms with Crippen LogP contribution in [-0.4, -0.2) is 36.4 Å². The highest BCUT2D eigenvalue weighted by atomic mass is 16.5. The fourth-order valence-electron chi connectivity index (χ4n) is 1.11. The molecule has 1 N–H and O–H groups in total. The SMILES string of the molecule is COC(=O)C(O)Cc1cc(OC)ccn1. The monoisotopic (exact) mass is 211 g/mol. The van der Waals surface area contributed by atoms with Gasteiger partial charge in [-0.1, -0.05) is 0 Å².